The molecule has 5 nitrogen and oxygen atoms in total. The van der Waals surface area contributed by atoms with Gasteiger partial charge in [0.15, 0.2) is 5.13 Å². The van der Waals surface area contributed by atoms with E-state index in [-0.39, 0.29) is 5.56 Å². The van der Waals surface area contributed by atoms with Crippen molar-refractivity contribution in [1.82, 2.24) is 4.98 Å². The van der Waals surface area contributed by atoms with Crippen molar-refractivity contribution in [2.45, 2.75) is 0 Å². The molecule has 0 bridgehead atoms. The zero-order valence-electron chi connectivity index (χ0n) is 13.2. The van der Waals surface area contributed by atoms with Gasteiger partial charge in [-0.2, -0.15) is 0 Å². The Morgan fingerprint density at radius 2 is 1.92 bits per heavy atom. The van der Waals surface area contributed by atoms with Crippen LogP contribution in [0.25, 0.3) is 22.2 Å². The number of nitrogens with zero attached hydrogens (tertiary/aromatic N) is 1. The monoisotopic (exact) mass is 426 g/mol. The molecule has 2 aromatic carbocycles. The van der Waals surface area contributed by atoms with Gasteiger partial charge < -0.3 is 4.42 Å². The van der Waals surface area contributed by atoms with E-state index in [2.05, 4.69) is 26.2 Å². The van der Waals surface area contributed by atoms with Crippen molar-refractivity contribution in [2.75, 3.05) is 5.32 Å². The van der Waals surface area contributed by atoms with Crippen molar-refractivity contribution in [3.8, 4) is 11.3 Å². The Morgan fingerprint density at radius 3 is 2.73 bits per heavy atom. The Bertz CT molecular complexity index is 1170. The molecule has 2 heterocycles. The lowest BCUT2D eigenvalue weighted by atomic mass is 10.2. The van der Waals surface area contributed by atoms with E-state index >= 15 is 0 Å². The molecule has 7 heteroatoms. The van der Waals surface area contributed by atoms with Crippen molar-refractivity contribution in [3.63, 3.8) is 0 Å². The largest absolute Gasteiger partial charge is 0.422 e. The number of halogens is 1. The maximum Gasteiger partial charge on any atom is 0.349 e. The Labute approximate surface area is 160 Å². The van der Waals surface area contributed by atoms with Crippen molar-refractivity contribution in [3.05, 3.63) is 80.4 Å². The van der Waals surface area contributed by atoms with Crippen LogP contribution in [0, 0.1) is 0 Å². The van der Waals surface area contributed by atoms with Crippen LogP contribution < -0.4 is 10.9 Å². The minimum absolute atomic E-state index is 0.0629. The molecule has 4 aromatic rings. The molecule has 1 amide bonds. The molecule has 0 aliphatic heterocycles. The van der Waals surface area contributed by atoms with E-state index < -0.39 is 11.5 Å². The first-order valence-electron chi connectivity index (χ1n) is 7.66. The topological polar surface area (TPSA) is 72.2 Å². The van der Waals surface area contributed by atoms with Gasteiger partial charge in [-0.1, -0.05) is 46.3 Å². The molecule has 0 spiro atoms. The first kappa shape index (κ1) is 16.7. The van der Waals surface area contributed by atoms with Crippen LogP contribution in [0.4, 0.5) is 5.13 Å². The molecule has 128 valence electrons. The number of amides is 1. The van der Waals surface area contributed by atoms with Crippen molar-refractivity contribution >= 4 is 49.3 Å². The van der Waals surface area contributed by atoms with Gasteiger partial charge in [0.05, 0.1) is 5.69 Å². The molecular weight excluding hydrogens is 416 g/mol. The second-order valence-electron chi connectivity index (χ2n) is 5.49. The highest BCUT2D eigenvalue weighted by Gasteiger charge is 2.16. The fourth-order valence-corrected chi connectivity index (χ4v) is 3.58. The predicted octanol–water partition coefficient (Wildman–Crippen LogP) is 4.93. The van der Waals surface area contributed by atoms with Crippen LogP contribution in [-0.2, 0) is 0 Å². The summed E-state index contributed by atoms with van der Waals surface area (Å²) in [6.07, 6.45) is 0. The summed E-state index contributed by atoms with van der Waals surface area (Å²) in [7, 11) is 0. The van der Waals surface area contributed by atoms with Gasteiger partial charge in [-0.05, 0) is 24.3 Å². The van der Waals surface area contributed by atoms with Crippen molar-refractivity contribution < 1.29 is 9.21 Å². The number of carbonyl (C=O) groups excluding carboxylic acids is 1. The summed E-state index contributed by atoms with van der Waals surface area (Å²) < 4.78 is 6.06. The molecule has 0 aliphatic rings. The third-order valence-corrected chi connectivity index (χ3v) is 4.98. The van der Waals surface area contributed by atoms with Crippen LogP contribution in [0.2, 0.25) is 0 Å². The Morgan fingerprint density at radius 1 is 1.12 bits per heavy atom. The van der Waals surface area contributed by atoms with Gasteiger partial charge in [-0.3, -0.25) is 10.1 Å². The third-order valence-electron chi connectivity index (χ3n) is 3.73. The zero-order chi connectivity index (χ0) is 18.1. The first-order valence-corrected chi connectivity index (χ1v) is 9.33. The molecule has 0 aliphatic carbocycles. The lowest BCUT2D eigenvalue weighted by molar-refractivity contribution is 0.102. The SMILES string of the molecule is O=C(Nc1nc(-c2ccccc2)cs1)c1cc2cc(Br)ccc2oc1=O. The number of anilines is 1. The van der Waals surface area contributed by atoms with Crippen molar-refractivity contribution in [2.24, 2.45) is 0 Å². The minimum atomic E-state index is -0.683. The Kier molecular flexibility index (Phi) is 4.40. The van der Waals surface area contributed by atoms with Gasteiger partial charge in [-0.25, -0.2) is 9.78 Å². The average Bonchev–Trinajstić information content (AvgIpc) is 3.10. The fourth-order valence-electron chi connectivity index (χ4n) is 2.49. The van der Waals surface area contributed by atoms with Gasteiger partial charge in [0, 0.05) is 20.8 Å². The third kappa shape index (κ3) is 3.31. The quantitative estimate of drug-likeness (QED) is 0.471. The Hall–Kier alpha value is -2.77. The summed E-state index contributed by atoms with van der Waals surface area (Å²) in [5, 5.41) is 5.60. The van der Waals surface area contributed by atoms with Crippen LogP contribution >= 0.6 is 27.3 Å². The summed E-state index contributed by atoms with van der Waals surface area (Å²) in [6, 6.07) is 16.4. The van der Waals surface area contributed by atoms with E-state index in [0.29, 0.717) is 16.1 Å². The van der Waals surface area contributed by atoms with Crippen molar-refractivity contribution in [1.29, 1.82) is 0 Å². The molecule has 4 rings (SSSR count). The molecule has 26 heavy (non-hydrogen) atoms. The van der Waals surface area contributed by atoms with E-state index in [1.165, 1.54) is 17.4 Å². The van der Waals surface area contributed by atoms with Gasteiger partial charge in [-0.15, -0.1) is 11.3 Å². The highest BCUT2D eigenvalue weighted by molar-refractivity contribution is 9.10. The molecule has 0 fully saturated rings. The van der Waals surface area contributed by atoms with Gasteiger partial charge in [0.1, 0.15) is 11.1 Å². The highest BCUT2D eigenvalue weighted by atomic mass is 79.9. The maximum atomic E-state index is 12.5. The summed E-state index contributed by atoms with van der Waals surface area (Å²) in [4.78, 5) is 29.0. The lowest BCUT2D eigenvalue weighted by Gasteiger charge is -2.03. The normalized spacial score (nSPS) is 10.8. The number of fused-ring (bicyclic) bond motifs is 1. The van der Waals surface area contributed by atoms with E-state index in [9.17, 15) is 9.59 Å². The van der Waals surface area contributed by atoms with Crippen LogP contribution in [0.3, 0.4) is 0 Å². The highest BCUT2D eigenvalue weighted by Crippen LogP contribution is 2.25. The number of aromatic nitrogens is 1. The van der Waals surface area contributed by atoms with Crippen LogP contribution in [-0.4, -0.2) is 10.9 Å². The van der Waals surface area contributed by atoms with E-state index in [0.717, 1.165) is 15.7 Å². The van der Waals surface area contributed by atoms with E-state index in [4.69, 9.17) is 4.42 Å². The van der Waals surface area contributed by atoms with Gasteiger partial charge in [0.2, 0.25) is 0 Å². The second-order valence-corrected chi connectivity index (χ2v) is 7.26. The molecule has 0 radical (unpaired) electrons. The summed E-state index contributed by atoms with van der Waals surface area (Å²) >= 11 is 4.66. The van der Waals surface area contributed by atoms with Crippen LogP contribution in [0.5, 0.6) is 0 Å². The summed E-state index contributed by atoms with van der Waals surface area (Å²) in [6.45, 7) is 0. The predicted molar refractivity (Wildman–Crippen MR) is 106 cm³/mol. The van der Waals surface area contributed by atoms with Gasteiger partial charge >= 0.3 is 5.63 Å². The number of hydrogen-bond donors (Lipinski definition) is 1. The van der Waals surface area contributed by atoms with E-state index in [1.54, 1.807) is 18.2 Å². The Balaban J connectivity index is 1.63. The number of thiazole rings is 1. The number of rotatable bonds is 3. The second kappa shape index (κ2) is 6.86. The fraction of sp³-hybridized carbons (Fsp3) is 0. The molecule has 1 N–H and O–H groups in total. The number of carbonyl (C=O) groups is 1. The van der Waals surface area contributed by atoms with E-state index in [1.807, 2.05) is 35.7 Å². The zero-order valence-corrected chi connectivity index (χ0v) is 15.6. The number of nitrogens with one attached hydrogen (secondary N) is 1. The number of hydrogen-bond acceptors (Lipinski definition) is 5. The average molecular weight is 427 g/mol. The van der Waals surface area contributed by atoms with Crippen LogP contribution in [0.15, 0.2) is 73.7 Å². The molecule has 2 aromatic heterocycles. The molecular formula is C19H11BrN2O3S. The summed E-state index contributed by atoms with van der Waals surface area (Å²) in [5.41, 5.74) is 1.40. The standard InChI is InChI=1S/C19H11BrN2O3S/c20-13-6-7-16-12(8-13)9-14(18(24)25-16)17(23)22-19-21-15(10-26-19)11-4-2-1-3-5-11/h1-10H,(H,21,22,23). The number of benzene rings is 2. The molecule has 0 atom stereocenters. The minimum Gasteiger partial charge on any atom is -0.422 e. The molecule has 0 saturated carbocycles. The first-order chi connectivity index (χ1) is 12.6. The summed E-state index contributed by atoms with van der Waals surface area (Å²) in [5.74, 6) is -0.547. The maximum absolute atomic E-state index is 12.5. The van der Waals surface area contributed by atoms with Crippen LogP contribution in [0.1, 0.15) is 10.4 Å². The lowest BCUT2D eigenvalue weighted by Crippen LogP contribution is -2.20. The smallest absolute Gasteiger partial charge is 0.349 e. The van der Waals surface area contributed by atoms with Gasteiger partial charge in [0.25, 0.3) is 5.91 Å². The molecule has 0 unspecified atom stereocenters. The molecule has 0 saturated heterocycles.